The quantitative estimate of drug-likeness (QED) is 0.718. The van der Waals surface area contributed by atoms with Crippen LogP contribution in [0.5, 0.6) is 0 Å². The van der Waals surface area contributed by atoms with Crippen LogP contribution in [0.1, 0.15) is 22.3 Å². The van der Waals surface area contributed by atoms with E-state index in [0.29, 0.717) is 12.0 Å². The molecule has 130 valence electrons. The first kappa shape index (κ1) is 17.4. The molecule has 26 heavy (non-hydrogen) atoms. The number of benzene rings is 3. The van der Waals surface area contributed by atoms with E-state index in [4.69, 9.17) is 5.73 Å². The minimum atomic E-state index is -0.763. The largest absolute Gasteiger partial charge is 0.368 e. The highest BCUT2D eigenvalue weighted by Gasteiger charge is 2.18. The maximum Gasteiger partial charge on any atom is 0.252 e. The molecule has 0 unspecified atom stereocenters. The van der Waals surface area contributed by atoms with Crippen LogP contribution in [-0.4, -0.2) is 17.9 Å². The van der Waals surface area contributed by atoms with E-state index in [9.17, 15) is 9.59 Å². The summed E-state index contributed by atoms with van der Waals surface area (Å²) < 4.78 is 0. The first-order chi connectivity index (χ1) is 12.6. The lowest BCUT2D eigenvalue weighted by atomic mass is 10.0. The van der Waals surface area contributed by atoms with Crippen LogP contribution in [0, 0.1) is 0 Å². The van der Waals surface area contributed by atoms with Crippen molar-refractivity contribution in [3.63, 3.8) is 0 Å². The number of carbonyl (C=O) groups excluding carboxylic acids is 2. The number of fused-ring (bicyclic) bond motifs is 1. The molecule has 4 heteroatoms. The highest BCUT2D eigenvalue weighted by atomic mass is 16.2. The molecule has 3 aromatic carbocycles. The highest BCUT2D eigenvalue weighted by molar-refractivity contribution is 6.08. The molecule has 0 heterocycles. The Morgan fingerprint density at radius 3 is 2.38 bits per heavy atom. The Hall–Kier alpha value is -3.40. The van der Waals surface area contributed by atoms with Gasteiger partial charge < -0.3 is 11.1 Å². The Morgan fingerprint density at radius 2 is 1.62 bits per heavy atom. The average molecular weight is 344 g/mol. The summed E-state index contributed by atoms with van der Waals surface area (Å²) in [6.07, 6.45) is 4.08. The molecule has 3 rings (SSSR count). The minimum absolute atomic E-state index is 0.307. The Bertz CT molecular complexity index is 943. The van der Waals surface area contributed by atoms with E-state index in [-0.39, 0.29) is 5.91 Å². The summed E-state index contributed by atoms with van der Waals surface area (Å²) >= 11 is 0. The van der Waals surface area contributed by atoms with Gasteiger partial charge in [0.1, 0.15) is 6.04 Å². The predicted octanol–water partition coefficient (Wildman–Crippen LogP) is 3.53. The van der Waals surface area contributed by atoms with Gasteiger partial charge in [0, 0.05) is 5.56 Å². The summed E-state index contributed by atoms with van der Waals surface area (Å²) in [6, 6.07) is 22.1. The summed E-state index contributed by atoms with van der Waals surface area (Å²) in [5, 5.41) is 4.56. The fourth-order valence-electron chi connectivity index (χ4n) is 2.81. The molecule has 0 aromatic heterocycles. The van der Waals surface area contributed by atoms with Gasteiger partial charge in [0.15, 0.2) is 0 Å². The van der Waals surface area contributed by atoms with E-state index in [1.54, 1.807) is 6.07 Å². The second-order valence-electron chi connectivity index (χ2n) is 6.00. The summed E-state index contributed by atoms with van der Waals surface area (Å²) in [4.78, 5) is 24.4. The van der Waals surface area contributed by atoms with E-state index in [2.05, 4.69) is 5.32 Å². The first-order valence-electron chi connectivity index (χ1n) is 8.44. The maximum absolute atomic E-state index is 12.7. The lowest BCUT2D eigenvalue weighted by Gasteiger charge is -2.14. The number of nitrogens with one attached hydrogen (secondary N) is 1. The van der Waals surface area contributed by atoms with Crippen LogP contribution >= 0.6 is 0 Å². The van der Waals surface area contributed by atoms with Crippen molar-refractivity contribution in [1.82, 2.24) is 5.32 Å². The number of nitrogens with two attached hydrogens (primary N) is 1. The van der Waals surface area contributed by atoms with Crippen molar-refractivity contribution in [3.8, 4) is 0 Å². The molecule has 0 aliphatic heterocycles. The van der Waals surface area contributed by atoms with Crippen LogP contribution in [0.4, 0.5) is 0 Å². The Kier molecular flexibility index (Phi) is 5.44. The van der Waals surface area contributed by atoms with Crippen molar-refractivity contribution in [2.45, 2.75) is 12.5 Å². The van der Waals surface area contributed by atoms with Gasteiger partial charge in [-0.3, -0.25) is 9.59 Å². The van der Waals surface area contributed by atoms with Crippen LogP contribution in [0.15, 0.2) is 78.9 Å². The van der Waals surface area contributed by atoms with Gasteiger partial charge in [0.05, 0.1) is 0 Å². The summed E-state index contributed by atoms with van der Waals surface area (Å²) in [6.45, 7) is 0. The fourth-order valence-corrected chi connectivity index (χ4v) is 2.81. The molecule has 0 radical (unpaired) electrons. The van der Waals surface area contributed by atoms with Gasteiger partial charge in [0.25, 0.3) is 5.91 Å². The Morgan fingerprint density at radius 1 is 0.923 bits per heavy atom. The molecular formula is C22H20N2O2. The van der Waals surface area contributed by atoms with Crippen molar-refractivity contribution in [2.75, 3.05) is 0 Å². The molecule has 0 aliphatic carbocycles. The zero-order valence-corrected chi connectivity index (χ0v) is 14.3. The lowest BCUT2D eigenvalue weighted by Crippen LogP contribution is -2.44. The fraction of sp³-hybridized carbons (Fsp3) is 0.0909. The molecule has 2 amide bonds. The molecule has 3 aromatic rings. The van der Waals surface area contributed by atoms with Crippen LogP contribution in [0.2, 0.25) is 0 Å². The first-order valence-corrected chi connectivity index (χ1v) is 8.44. The number of hydrogen-bond acceptors (Lipinski definition) is 2. The Balaban J connectivity index is 1.74. The third-order valence-corrected chi connectivity index (χ3v) is 4.16. The van der Waals surface area contributed by atoms with E-state index < -0.39 is 11.9 Å². The van der Waals surface area contributed by atoms with E-state index >= 15 is 0 Å². The lowest BCUT2D eigenvalue weighted by molar-refractivity contribution is -0.119. The van der Waals surface area contributed by atoms with E-state index in [0.717, 1.165) is 16.3 Å². The van der Waals surface area contributed by atoms with Crippen LogP contribution in [0.25, 0.3) is 16.8 Å². The molecule has 0 bridgehead atoms. The van der Waals surface area contributed by atoms with Gasteiger partial charge in [-0.2, -0.15) is 0 Å². The molecule has 3 N–H and O–H groups in total. The minimum Gasteiger partial charge on any atom is -0.368 e. The number of rotatable bonds is 6. The molecule has 4 nitrogen and oxygen atoms in total. The third-order valence-electron chi connectivity index (χ3n) is 4.16. The van der Waals surface area contributed by atoms with Gasteiger partial charge in [-0.25, -0.2) is 0 Å². The normalized spacial score (nSPS) is 12.2. The second kappa shape index (κ2) is 8.12. The van der Waals surface area contributed by atoms with Crippen LogP contribution < -0.4 is 11.1 Å². The zero-order chi connectivity index (χ0) is 18.4. The molecule has 0 saturated heterocycles. The SMILES string of the molecule is NC(=O)[C@@H](C/C=C/c1ccccc1)NC(=O)c1cccc2ccccc12. The van der Waals surface area contributed by atoms with E-state index in [1.165, 1.54) is 0 Å². The molecular weight excluding hydrogens is 324 g/mol. The summed E-state index contributed by atoms with van der Waals surface area (Å²) in [5.41, 5.74) is 7.02. The number of primary amides is 1. The van der Waals surface area contributed by atoms with Crippen molar-refractivity contribution in [1.29, 1.82) is 0 Å². The molecule has 0 aliphatic rings. The van der Waals surface area contributed by atoms with Crippen molar-refractivity contribution < 1.29 is 9.59 Å². The summed E-state index contributed by atoms with van der Waals surface area (Å²) in [7, 11) is 0. The number of hydrogen-bond donors (Lipinski definition) is 2. The molecule has 0 spiro atoms. The second-order valence-corrected chi connectivity index (χ2v) is 6.00. The maximum atomic E-state index is 12.7. The number of amides is 2. The van der Waals surface area contributed by atoms with Gasteiger partial charge in [-0.1, -0.05) is 78.9 Å². The van der Waals surface area contributed by atoms with Crippen molar-refractivity contribution in [3.05, 3.63) is 90.0 Å². The average Bonchev–Trinajstić information content (AvgIpc) is 2.67. The van der Waals surface area contributed by atoms with Crippen LogP contribution in [-0.2, 0) is 4.79 Å². The van der Waals surface area contributed by atoms with Gasteiger partial charge in [-0.05, 0) is 28.8 Å². The van der Waals surface area contributed by atoms with Crippen LogP contribution in [0.3, 0.4) is 0 Å². The third kappa shape index (κ3) is 4.16. The van der Waals surface area contributed by atoms with E-state index in [1.807, 2.05) is 78.9 Å². The van der Waals surface area contributed by atoms with Crippen molar-refractivity contribution in [2.24, 2.45) is 5.73 Å². The summed E-state index contributed by atoms with van der Waals surface area (Å²) in [5.74, 6) is -0.866. The topological polar surface area (TPSA) is 72.2 Å². The highest BCUT2D eigenvalue weighted by Crippen LogP contribution is 2.18. The van der Waals surface area contributed by atoms with Gasteiger partial charge >= 0.3 is 0 Å². The monoisotopic (exact) mass is 344 g/mol. The zero-order valence-electron chi connectivity index (χ0n) is 14.3. The van der Waals surface area contributed by atoms with Gasteiger partial charge in [-0.15, -0.1) is 0 Å². The Labute approximate surface area is 152 Å². The van der Waals surface area contributed by atoms with Gasteiger partial charge in [0.2, 0.25) is 5.91 Å². The molecule has 0 saturated carbocycles. The van der Waals surface area contributed by atoms with Crippen molar-refractivity contribution >= 4 is 28.7 Å². The molecule has 0 fully saturated rings. The number of carbonyl (C=O) groups is 2. The molecule has 1 atom stereocenters. The standard InChI is InChI=1S/C22H20N2O2/c23-21(25)20(15-6-10-16-8-2-1-3-9-16)24-22(26)19-14-7-12-17-11-4-5-13-18(17)19/h1-14,20H,15H2,(H2,23,25)(H,24,26)/b10-6+/t20-/m1/s1. The smallest absolute Gasteiger partial charge is 0.252 e. The predicted molar refractivity (Wildman–Crippen MR) is 104 cm³/mol.